The second-order valence-electron chi connectivity index (χ2n) is 16.3. The number of amides is 1. The van der Waals surface area contributed by atoms with Crippen molar-refractivity contribution >= 4 is 92.6 Å². The summed E-state index contributed by atoms with van der Waals surface area (Å²) >= 11 is 27.7. The van der Waals surface area contributed by atoms with Crippen molar-refractivity contribution in [2.24, 2.45) is 10.2 Å². The number of aromatic nitrogens is 2. The number of ether oxygens (including phenoxy) is 1. The number of carbonyl (C=O) groups excluding carboxylic acids is 1. The summed E-state index contributed by atoms with van der Waals surface area (Å²) in [6.07, 6.45) is 1.51. The van der Waals surface area contributed by atoms with E-state index in [4.69, 9.17) is 51.1 Å². The molecule has 0 aliphatic heterocycles. The maximum atomic E-state index is 14.1. The lowest BCUT2D eigenvalue weighted by Gasteiger charge is -2.31. The highest BCUT2D eigenvalue weighted by Crippen LogP contribution is 2.40. The van der Waals surface area contributed by atoms with Crippen LogP contribution in [0.15, 0.2) is 122 Å². The molecule has 62 heavy (non-hydrogen) atoms. The Kier molecular flexibility index (Phi) is 14.9. The van der Waals surface area contributed by atoms with Crippen LogP contribution in [0.25, 0.3) is 5.69 Å². The molecule has 0 spiro atoms. The smallest absolute Gasteiger partial charge is 0.301 e. The Morgan fingerprint density at radius 1 is 0.790 bits per heavy atom. The first-order chi connectivity index (χ1) is 29.4. The van der Waals surface area contributed by atoms with Gasteiger partial charge in [-0.1, -0.05) is 136 Å². The molecule has 9 nitrogen and oxygen atoms in total. The van der Waals surface area contributed by atoms with Gasteiger partial charge >= 0.3 is 5.56 Å². The van der Waals surface area contributed by atoms with Crippen molar-refractivity contribution < 1.29 is 9.53 Å². The van der Waals surface area contributed by atoms with E-state index in [1.165, 1.54) is 23.3 Å². The molecule has 6 rings (SSSR count). The van der Waals surface area contributed by atoms with Crippen LogP contribution in [0.5, 0.6) is 5.75 Å². The standard InChI is InChI=1S/C48H50Cl4N6O3S/c1-9-40(61-41-23-14-29(47(5,6)10-2)24-35(41)48(7,8)11-3)45(59)53-32-17-22-36(50)39(27-32)54-44-42(46(60)58(57-44)43-37(51)25-30(49)26-38(43)52)56-55-31-15-20-34(21-16-31)62-33-18-12-28(4)13-19-33/h12-27,40,54,57H,9-11H2,1-8H3,(H,53,59). The number of anilines is 3. The Bertz CT molecular complexity index is 2630. The van der Waals surface area contributed by atoms with Gasteiger partial charge in [0.1, 0.15) is 11.4 Å². The number of hydrogen-bond acceptors (Lipinski definition) is 7. The van der Waals surface area contributed by atoms with E-state index in [0.29, 0.717) is 39.3 Å². The van der Waals surface area contributed by atoms with E-state index < -0.39 is 11.7 Å². The van der Waals surface area contributed by atoms with Gasteiger partial charge in [-0.25, -0.2) is 4.68 Å². The van der Waals surface area contributed by atoms with Gasteiger partial charge in [-0.05, 0) is 115 Å². The number of aryl methyl sites for hydroxylation is 1. The van der Waals surface area contributed by atoms with Gasteiger partial charge < -0.3 is 15.4 Å². The number of benzene rings is 5. The molecule has 1 atom stereocenters. The fourth-order valence-electron chi connectivity index (χ4n) is 6.45. The SMILES string of the molecule is CCC(Oc1ccc(C(C)(C)CC)cc1C(C)(C)CC)C(=O)Nc1ccc(Cl)c(Nc2[nH]n(-c3c(Cl)cc(Cl)cc3Cl)c(=O)c2N=Nc2ccc(Sc3ccc(C)cc3)cc2)c1. The first kappa shape index (κ1) is 46.8. The van der Waals surface area contributed by atoms with Crippen molar-refractivity contribution in [3.8, 4) is 11.4 Å². The molecule has 0 saturated carbocycles. The van der Waals surface area contributed by atoms with Crippen LogP contribution in [0.2, 0.25) is 20.1 Å². The van der Waals surface area contributed by atoms with E-state index in [1.807, 2.05) is 37.3 Å². The summed E-state index contributed by atoms with van der Waals surface area (Å²) in [4.78, 5) is 30.1. The lowest BCUT2D eigenvalue weighted by Crippen LogP contribution is -2.33. The highest BCUT2D eigenvalue weighted by molar-refractivity contribution is 7.99. The summed E-state index contributed by atoms with van der Waals surface area (Å²) < 4.78 is 7.68. The Labute approximate surface area is 387 Å². The van der Waals surface area contributed by atoms with Gasteiger partial charge in [-0.3, -0.25) is 14.7 Å². The molecular weight excluding hydrogens is 882 g/mol. The number of nitrogens with one attached hydrogen (secondary N) is 3. The van der Waals surface area contributed by atoms with Crippen molar-refractivity contribution in [3.05, 3.63) is 144 Å². The van der Waals surface area contributed by atoms with Crippen molar-refractivity contribution in [1.82, 2.24) is 9.78 Å². The van der Waals surface area contributed by atoms with E-state index in [2.05, 4.69) is 111 Å². The maximum absolute atomic E-state index is 14.1. The molecule has 5 aromatic carbocycles. The number of nitrogens with zero attached hydrogens (tertiary/aromatic N) is 3. The molecule has 0 aliphatic carbocycles. The first-order valence-electron chi connectivity index (χ1n) is 20.4. The third kappa shape index (κ3) is 10.9. The number of azo groups is 1. The maximum Gasteiger partial charge on any atom is 0.301 e. The summed E-state index contributed by atoms with van der Waals surface area (Å²) in [5, 5.41) is 18.9. The lowest BCUT2D eigenvalue weighted by molar-refractivity contribution is -0.122. The van der Waals surface area contributed by atoms with Crippen LogP contribution < -0.4 is 20.9 Å². The minimum Gasteiger partial charge on any atom is -0.480 e. The van der Waals surface area contributed by atoms with Gasteiger partial charge in [0, 0.05) is 26.1 Å². The zero-order valence-electron chi connectivity index (χ0n) is 35.9. The second kappa shape index (κ2) is 19.8. The van der Waals surface area contributed by atoms with Gasteiger partial charge in [0.05, 0.1) is 26.4 Å². The number of aromatic amines is 1. The summed E-state index contributed by atoms with van der Waals surface area (Å²) in [5.74, 6) is 0.484. The molecule has 324 valence electrons. The van der Waals surface area contributed by atoms with Crippen molar-refractivity contribution in [1.29, 1.82) is 0 Å². The van der Waals surface area contributed by atoms with Crippen LogP contribution in [0, 0.1) is 6.92 Å². The predicted octanol–water partition coefficient (Wildman–Crippen LogP) is 15.6. The number of halogens is 4. The number of H-pyrrole nitrogens is 1. The Morgan fingerprint density at radius 2 is 1.42 bits per heavy atom. The number of rotatable bonds is 16. The molecule has 0 saturated heterocycles. The molecule has 1 unspecified atom stereocenters. The summed E-state index contributed by atoms with van der Waals surface area (Å²) in [7, 11) is 0. The fourth-order valence-corrected chi connectivity index (χ4v) is 8.42. The largest absolute Gasteiger partial charge is 0.480 e. The average molecular weight is 933 g/mol. The van der Waals surface area contributed by atoms with Gasteiger partial charge in [0.15, 0.2) is 17.6 Å². The second-order valence-corrected chi connectivity index (χ2v) is 19.1. The molecule has 14 heteroatoms. The van der Waals surface area contributed by atoms with Crippen LogP contribution >= 0.6 is 58.2 Å². The molecule has 0 bridgehead atoms. The number of carbonyl (C=O) groups is 1. The number of hydrogen-bond donors (Lipinski definition) is 3. The Balaban J connectivity index is 1.29. The van der Waals surface area contributed by atoms with Gasteiger partial charge in [-0.2, -0.15) is 5.11 Å². The lowest BCUT2D eigenvalue weighted by atomic mass is 9.76. The molecule has 1 amide bonds. The van der Waals surface area contributed by atoms with Crippen molar-refractivity contribution in [2.45, 2.75) is 101 Å². The summed E-state index contributed by atoms with van der Waals surface area (Å²) in [6, 6.07) is 30.0. The van der Waals surface area contributed by atoms with Crippen LogP contribution in [0.4, 0.5) is 28.6 Å². The fraction of sp³-hybridized carbons (Fsp3) is 0.292. The third-order valence-electron chi connectivity index (χ3n) is 11.1. The van der Waals surface area contributed by atoms with E-state index >= 15 is 0 Å². The highest BCUT2D eigenvalue weighted by atomic mass is 35.5. The average Bonchev–Trinajstić information content (AvgIpc) is 3.54. The van der Waals surface area contributed by atoms with Gasteiger partial charge in [-0.15, -0.1) is 5.11 Å². The minimum atomic E-state index is -0.792. The molecule has 1 heterocycles. The monoisotopic (exact) mass is 930 g/mol. The van der Waals surface area contributed by atoms with E-state index in [9.17, 15) is 9.59 Å². The molecule has 0 radical (unpaired) electrons. The van der Waals surface area contributed by atoms with Gasteiger partial charge in [0.25, 0.3) is 5.91 Å². The quantitative estimate of drug-likeness (QED) is 0.0837. The first-order valence-corrected chi connectivity index (χ1v) is 22.7. The molecule has 6 aromatic rings. The molecular formula is C48H50Cl4N6O3S. The van der Waals surface area contributed by atoms with Gasteiger partial charge in [0.2, 0.25) is 0 Å². The zero-order valence-corrected chi connectivity index (χ0v) is 39.8. The third-order valence-corrected chi connectivity index (χ3v) is 13.3. The van der Waals surface area contributed by atoms with E-state index in [1.54, 1.807) is 30.0 Å². The Morgan fingerprint density at radius 3 is 2.03 bits per heavy atom. The van der Waals surface area contributed by atoms with Crippen LogP contribution in [-0.4, -0.2) is 21.8 Å². The minimum absolute atomic E-state index is 0.0118. The topological polar surface area (TPSA) is 113 Å². The van der Waals surface area contributed by atoms with Crippen LogP contribution in [0.3, 0.4) is 0 Å². The Hall–Kier alpha value is -4.71. The normalized spacial score (nSPS) is 12.5. The molecule has 0 fully saturated rings. The predicted molar refractivity (Wildman–Crippen MR) is 258 cm³/mol. The summed E-state index contributed by atoms with van der Waals surface area (Å²) in [6.45, 7) is 17.2. The summed E-state index contributed by atoms with van der Waals surface area (Å²) in [5.41, 5.74) is 4.07. The molecule has 1 aromatic heterocycles. The van der Waals surface area contributed by atoms with Crippen molar-refractivity contribution in [2.75, 3.05) is 10.6 Å². The molecule has 3 N–H and O–H groups in total. The van der Waals surface area contributed by atoms with Crippen LogP contribution in [0.1, 0.15) is 84.4 Å². The van der Waals surface area contributed by atoms with Crippen molar-refractivity contribution in [3.63, 3.8) is 0 Å². The highest BCUT2D eigenvalue weighted by Gasteiger charge is 2.29. The molecule has 0 aliphatic rings. The van der Waals surface area contributed by atoms with E-state index in [-0.39, 0.29) is 44.0 Å². The zero-order chi connectivity index (χ0) is 44.9. The van der Waals surface area contributed by atoms with Crippen LogP contribution in [-0.2, 0) is 15.6 Å². The van der Waals surface area contributed by atoms with E-state index in [0.717, 1.165) is 32.9 Å².